The van der Waals surface area contributed by atoms with Gasteiger partial charge in [0.1, 0.15) is 0 Å². The molecule has 1 atom stereocenters. The van der Waals surface area contributed by atoms with Crippen molar-refractivity contribution in [2.45, 2.75) is 13.0 Å². The van der Waals surface area contributed by atoms with Gasteiger partial charge in [-0.3, -0.25) is 15.1 Å². The van der Waals surface area contributed by atoms with Crippen LogP contribution >= 0.6 is 11.8 Å². The van der Waals surface area contributed by atoms with E-state index in [4.69, 9.17) is 5.84 Å². The van der Waals surface area contributed by atoms with E-state index < -0.39 is 0 Å². The van der Waals surface area contributed by atoms with Gasteiger partial charge in [0.2, 0.25) is 0 Å². The van der Waals surface area contributed by atoms with Crippen molar-refractivity contribution in [3.8, 4) is 0 Å². The SMILES string of the molecule is CC(C(=O)NN)N1CCSCC1. The van der Waals surface area contributed by atoms with Gasteiger partial charge in [-0.15, -0.1) is 0 Å². The van der Waals surface area contributed by atoms with Gasteiger partial charge in [-0.1, -0.05) is 0 Å². The molecule has 12 heavy (non-hydrogen) atoms. The predicted molar refractivity (Wildman–Crippen MR) is 50.7 cm³/mol. The molecule has 1 fully saturated rings. The molecule has 1 saturated heterocycles. The molecule has 0 bridgehead atoms. The molecule has 1 heterocycles. The highest BCUT2D eigenvalue weighted by molar-refractivity contribution is 7.99. The number of hydrogen-bond acceptors (Lipinski definition) is 4. The first kappa shape index (κ1) is 9.83. The summed E-state index contributed by atoms with van der Waals surface area (Å²) in [4.78, 5) is 13.3. The third kappa shape index (κ3) is 2.36. The predicted octanol–water partition coefficient (Wildman–Crippen LogP) is -0.586. The van der Waals surface area contributed by atoms with Gasteiger partial charge in [0.25, 0.3) is 5.91 Å². The largest absolute Gasteiger partial charge is 0.293 e. The maximum atomic E-state index is 11.1. The summed E-state index contributed by atoms with van der Waals surface area (Å²) in [6, 6.07) is -0.0871. The van der Waals surface area contributed by atoms with Crippen LogP contribution in [0, 0.1) is 0 Å². The molecule has 1 unspecified atom stereocenters. The lowest BCUT2D eigenvalue weighted by atomic mass is 10.2. The van der Waals surface area contributed by atoms with Crippen LogP contribution in [-0.2, 0) is 4.79 Å². The third-order valence-electron chi connectivity index (χ3n) is 2.12. The Bertz CT molecular complexity index is 159. The average Bonchev–Trinajstić information content (AvgIpc) is 2.17. The van der Waals surface area contributed by atoms with E-state index in [2.05, 4.69) is 10.3 Å². The van der Waals surface area contributed by atoms with Crippen LogP contribution in [0.15, 0.2) is 0 Å². The zero-order valence-corrected chi connectivity index (χ0v) is 8.06. The molecule has 0 radical (unpaired) electrons. The van der Waals surface area contributed by atoms with Crippen LogP contribution in [0.1, 0.15) is 6.92 Å². The van der Waals surface area contributed by atoms with E-state index >= 15 is 0 Å². The summed E-state index contributed by atoms with van der Waals surface area (Å²) in [6.07, 6.45) is 0. The fourth-order valence-corrected chi connectivity index (χ4v) is 2.18. The normalized spacial score (nSPS) is 21.8. The van der Waals surface area contributed by atoms with Crippen LogP contribution in [0.3, 0.4) is 0 Å². The van der Waals surface area contributed by atoms with Gasteiger partial charge < -0.3 is 0 Å². The first-order valence-electron chi connectivity index (χ1n) is 4.08. The lowest BCUT2D eigenvalue weighted by Gasteiger charge is -2.30. The molecule has 5 heteroatoms. The standard InChI is InChI=1S/C7H15N3OS/c1-6(7(11)9-8)10-2-4-12-5-3-10/h6H,2-5,8H2,1H3,(H,9,11). The van der Waals surface area contributed by atoms with Crippen molar-refractivity contribution in [3.63, 3.8) is 0 Å². The van der Waals surface area contributed by atoms with Crippen LogP contribution in [0.5, 0.6) is 0 Å². The molecule has 1 aliphatic heterocycles. The number of nitrogens with one attached hydrogen (secondary N) is 1. The molecule has 70 valence electrons. The molecular weight excluding hydrogens is 174 g/mol. The Morgan fingerprint density at radius 2 is 2.17 bits per heavy atom. The molecule has 1 amide bonds. The maximum absolute atomic E-state index is 11.1. The molecule has 0 spiro atoms. The van der Waals surface area contributed by atoms with Crippen LogP contribution in [0.2, 0.25) is 0 Å². The minimum Gasteiger partial charge on any atom is -0.293 e. The van der Waals surface area contributed by atoms with Gasteiger partial charge in [0.05, 0.1) is 6.04 Å². The van der Waals surface area contributed by atoms with E-state index in [-0.39, 0.29) is 11.9 Å². The summed E-state index contributed by atoms with van der Waals surface area (Å²) in [6.45, 7) is 3.86. The number of nitrogens with zero attached hydrogens (tertiary/aromatic N) is 1. The van der Waals surface area contributed by atoms with E-state index in [0.29, 0.717) is 0 Å². The minimum absolute atomic E-state index is 0.0871. The smallest absolute Gasteiger partial charge is 0.250 e. The monoisotopic (exact) mass is 189 g/mol. The summed E-state index contributed by atoms with van der Waals surface area (Å²) in [5, 5.41) is 0. The van der Waals surface area contributed by atoms with Crippen molar-refractivity contribution < 1.29 is 4.79 Å². The quantitative estimate of drug-likeness (QED) is 0.346. The molecule has 1 rings (SSSR count). The number of rotatable bonds is 2. The van der Waals surface area contributed by atoms with Gasteiger partial charge in [0, 0.05) is 24.6 Å². The third-order valence-corrected chi connectivity index (χ3v) is 3.06. The Morgan fingerprint density at radius 1 is 1.58 bits per heavy atom. The molecule has 1 aliphatic rings. The van der Waals surface area contributed by atoms with Crippen molar-refractivity contribution >= 4 is 17.7 Å². The Balaban J connectivity index is 2.39. The van der Waals surface area contributed by atoms with Gasteiger partial charge in [0.15, 0.2) is 0 Å². The van der Waals surface area contributed by atoms with E-state index in [0.717, 1.165) is 24.6 Å². The van der Waals surface area contributed by atoms with Gasteiger partial charge in [-0.05, 0) is 6.92 Å². The fourth-order valence-electron chi connectivity index (χ4n) is 1.25. The Kier molecular flexibility index (Phi) is 3.84. The number of hydrogen-bond donors (Lipinski definition) is 2. The topological polar surface area (TPSA) is 58.4 Å². The molecule has 0 saturated carbocycles. The van der Waals surface area contributed by atoms with Crippen LogP contribution in [0.25, 0.3) is 0 Å². The highest BCUT2D eigenvalue weighted by Crippen LogP contribution is 2.11. The van der Waals surface area contributed by atoms with E-state index in [1.807, 2.05) is 18.7 Å². The Morgan fingerprint density at radius 3 is 2.67 bits per heavy atom. The number of carbonyl (C=O) groups is 1. The number of carbonyl (C=O) groups excluding carboxylic acids is 1. The van der Waals surface area contributed by atoms with E-state index in [9.17, 15) is 4.79 Å². The van der Waals surface area contributed by atoms with E-state index in [1.54, 1.807) is 0 Å². The van der Waals surface area contributed by atoms with Crippen molar-refractivity contribution in [2.75, 3.05) is 24.6 Å². The minimum atomic E-state index is -0.0955. The molecule has 0 aromatic rings. The Labute approximate surface area is 76.8 Å². The second-order valence-corrected chi connectivity index (χ2v) is 4.06. The van der Waals surface area contributed by atoms with Crippen LogP contribution in [0.4, 0.5) is 0 Å². The zero-order valence-electron chi connectivity index (χ0n) is 7.25. The molecule has 0 aromatic heterocycles. The number of amides is 1. The van der Waals surface area contributed by atoms with Crippen molar-refractivity contribution in [3.05, 3.63) is 0 Å². The molecular formula is C7H15N3OS. The lowest BCUT2D eigenvalue weighted by Crippen LogP contribution is -2.50. The molecule has 3 N–H and O–H groups in total. The van der Waals surface area contributed by atoms with E-state index in [1.165, 1.54) is 0 Å². The van der Waals surface area contributed by atoms with Crippen molar-refractivity contribution in [2.24, 2.45) is 5.84 Å². The average molecular weight is 189 g/mol. The summed E-state index contributed by atoms with van der Waals surface area (Å²) >= 11 is 1.93. The van der Waals surface area contributed by atoms with Gasteiger partial charge in [-0.2, -0.15) is 11.8 Å². The zero-order chi connectivity index (χ0) is 8.97. The highest BCUT2D eigenvalue weighted by atomic mass is 32.2. The molecule has 0 aromatic carbocycles. The van der Waals surface area contributed by atoms with Gasteiger partial charge >= 0.3 is 0 Å². The summed E-state index contributed by atoms with van der Waals surface area (Å²) < 4.78 is 0. The van der Waals surface area contributed by atoms with Crippen molar-refractivity contribution in [1.29, 1.82) is 0 Å². The van der Waals surface area contributed by atoms with Gasteiger partial charge in [-0.25, -0.2) is 5.84 Å². The second-order valence-electron chi connectivity index (χ2n) is 2.83. The number of hydrazine groups is 1. The van der Waals surface area contributed by atoms with Crippen molar-refractivity contribution in [1.82, 2.24) is 10.3 Å². The molecule has 0 aliphatic carbocycles. The first-order chi connectivity index (χ1) is 5.75. The Hall–Kier alpha value is -0.260. The number of thioether (sulfide) groups is 1. The molecule has 4 nitrogen and oxygen atoms in total. The summed E-state index contributed by atoms with van der Waals surface area (Å²) in [7, 11) is 0. The fraction of sp³-hybridized carbons (Fsp3) is 0.857. The summed E-state index contributed by atoms with van der Waals surface area (Å²) in [5.74, 6) is 7.18. The maximum Gasteiger partial charge on any atom is 0.250 e. The van der Waals surface area contributed by atoms with Crippen LogP contribution in [-0.4, -0.2) is 41.4 Å². The number of nitrogens with two attached hydrogens (primary N) is 1. The van der Waals surface area contributed by atoms with Crippen LogP contribution < -0.4 is 11.3 Å². The highest BCUT2D eigenvalue weighted by Gasteiger charge is 2.21. The second kappa shape index (κ2) is 4.69. The summed E-state index contributed by atoms with van der Waals surface area (Å²) in [5.41, 5.74) is 2.17. The lowest BCUT2D eigenvalue weighted by molar-refractivity contribution is -0.125. The first-order valence-corrected chi connectivity index (χ1v) is 5.23.